The molecule has 0 saturated carbocycles. The van der Waals surface area contributed by atoms with Crippen LogP contribution >= 0.6 is 22.6 Å². The number of halogens is 3. The molecule has 21 heavy (non-hydrogen) atoms. The van der Waals surface area contributed by atoms with E-state index < -0.39 is 6.61 Å². The van der Waals surface area contributed by atoms with E-state index in [0.717, 1.165) is 38.0 Å². The van der Waals surface area contributed by atoms with Gasteiger partial charge >= 0.3 is 6.61 Å². The summed E-state index contributed by atoms with van der Waals surface area (Å²) >= 11 is 2.40. The number of piperidine rings is 1. The summed E-state index contributed by atoms with van der Waals surface area (Å²) in [6, 6.07) is 9.10. The maximum absolute atomic E-state index is 12.2. The number of nitrogens with zero attached hydrogens (tertiary/aromatic N) is 2. The van der Waals surface area contributed by atoms with E-state index in [2.05, 4.69) is 38.3 Å². The summed E-state index contributed by atoms with van der Waals surface area (Å²) in [4.78, 5) is 2.29. The summed E-state index contributed by atoms with van der Waals surface area (Å²) < 4.78 is 28.9. The van der Waals surface area contributed by atoms with Gasteiger partial charge in [-0.2, -0.15) is 14.0 Å². The van der Waals surface area contributed by atoms with Gasteiger partial charge in [0.25, 0.3) is 0 Å². The second kappa shape index (κ2) is 7.36. The third-order valence-corrected chi connectivity index (χ3v) is 5.14. The molecule has 1 fully saturated rings. The Kier molecular flexibility index (Phi) is 5.76. The maximum Gasteiger partial charge on any atom is 0.387 e. The number of rotatable bonds is 5. The average molecular weight is 406 g/mol. The molecule has 1 aliphatic rings. The molecule has 1 heterocycles. The summed E-state index contributed by atoms with van der Waals surface area (Å²) in [5, 5.41) is 8.84. The highest BCUT2D eigenvalue weighted by atomic mass is 127. The van der Waals surface area contributed by atoms with Crippen LogP contribution < -0.4 is 4.74 Å². The third kappa shape index (κ3) is 5.08. The first-order valence-corrected chi connectivity index (χ1v) is 7.91. The number of hydrogen-bond donors (Lipinski definition) is 0. The topological polar surface area (TPSA) is 36.3 Å². The number of benzene rings is 1. The van der Waals surface area contributed by atoms with Crippen LogP contribution in [0.2, 0.25) is 0 Å². The van der Waals surface area contributed by atoms with Crippen LogP contribution in [-0.2, 0) is 6.54 Å². The van der Waals surface area contributed by atoms with Gasteiger partial charge in [-0.15, -0.1) is 0 Å². The molecule has 1 aromatic rings. The van der Waals surface area contributed by atoms with Gasteiger partial charge in [0.15, 0.2) is 0 Å². The summed E-state index contributed by atoms with van der Waals surface area (Å²) in [7, 11) is 0. The van der Waals surface area contributed by atoms with Crippen LogP contribution in [0.1, 0.15) is 24.8 Å². The molecule has 1 aromatic carbocycles. The smallest absolute Gasteiger partial charge is 0.387 e. The van der Waals surface area contributed by atoms with Crippen LogP contribution in [0, 0.1) is 11.3 Å². The Bertz CT molecular complexity index is 511. The first-order chi connectivity index (χ1) is 10.0. The SMILES string of the molecule is N#CCC1(I)CCN(Cc2cccc(OC(F)F)c2)CC1. The Morgan fingerprint density at radius 2 is 2.10 bits per heavy atom. The molecule has 114 valence electrons. The van der Waals surface area contributed by atoms with Gasteiger partial charge in [-0.25, -0.2) is 0 Å². The minimum absolute atomic E-state index is 0.0869. The van der Waals surface area contributed by atoms with Crippen molar-refractivity contribution >= 4 is 22.6 Å². The van der Waals surface area contributed by atoms with Crippen molar-refractivity contribution in [2.45, 2.75) is 35.8 Å². The largest absolute Gasteiger partial charge is 0.435 e. The first-order valence-electron chi connectivity index (χ1n) is 6.83. The van der Waals surface area contributed by atoms with Gasteiger partial charge in [-0.1, -0.05) is 34.7 Å². The van der Waals surface area contributed by atoms with Crippen LogP contribution in [0.3, 0.4) is 0 Å². The monoisotopic (exact) mass is 406 g/mol. The van der Waals surface area contributed by atoms with Gasteiger partial charge in [0.05, 0.1) is 6.07 Å². The molecule has 0 atom stereocenters. The Hall–Kier alpha value is -0.940. The van der Waals surface area contributed by atoms with Crippen molar-refractivity contribution in [3.8, 4) is 11.8 Å². The zero-order valence-corrected chi connectivity index (χ0v) is 13.7. The minimum atomic E-state index is -2.79. The molecule has 0 amide bonds. The van der Waals surface area contributed by atoms with E-state index in [9.17, 15) is 8.78 Å². The van der Waals surface area contributed by atoms with Gasteiger partial charge in [0.1, 0.15) is 5.75 Å². The second-order valence-electron chi connectivity index (χ2n) is 5.29. The highest BCUT2D eigenvalue weighted by molar-refractivity contribution is 14.1. The van der Waals surface area contributed by atoms with E-state index in [1.54, 1.807) is 12.1 Å². The molecule has 0 bridgehead atoms. The van der Waals surface area contributed by atoms with Crippen LogP contribution in [-0.4, -0.2) is 28.0 Å². The second-order valence-corrected chi connectivity index (χ2v) is 7.58. The van der Waals surface area contributed by atoms with E-state index in [0.29, 0.717) is 6.42 Å². The van der Waals surface area contributed by atoms with E-state index >= 15 is 0 Å². The summed E-state index contributed by atoms with van der Waals surface area (Å²) in [6.45, 7) is -0.227. The van der Waals surface area contributed by atoms with Crippen molar-refractivity contribution < 1.29 is 13.5 Å². The molecule has 0 aromatic heterocycles. The van der Waals surface area contributed by atoms with Gasteiger partial charge in [0, 0.05) is 16.4 Å². The van der Waals surface area contributed by atoms with Gasteiger partial charge in [-0.05, 0) is 43.6 Å². The molecular weight excluding hydrogens is 389 g/mol. The lowest BCUT2D eigenvalue weighted by Gasteiger charge is -2.36. The molecule has 0 aliphatic carbocycles. The number of likely N-dealkylation sites (tertiary alicyclic amines) is 1. The molecule has 1 saturated heterocycles. The normalized spacial score (nSPS) is 18.4. The lowest BCUT2D eigenvalue weighted by Crippen LogP contribution is -2.40. The third-order valence-electron chi connectivity index (χ3n) is 3.68. The van der Waals surface area contributed by atoms with Crippen molar-refractivity contribution in [3.05, 3.63) is 29.8 Å². The predicted octanol–water partition coefficient (Wildman–Crippen LogP) is 3.97. The summed E-state index contributed by atoms with van der Waals surface area (Å²) in [5.74, 6) is 0.201. The lowest BCUT2D eigenvalue weighted by molar-refractivity contribution is -0.0499. The van der Waals surface area contributed by atoms with Gasteiger partial charge in [-0.3, -0.25) is 4.90 Å². The van der Waals surface area contributed by atoms with E-state index in [-0.39, 0.29) is 9.17 Å². The average Bonchev–Trinajstić information content (AvgIpc) is 2.42. The van der Waals surface area contributed by atoms with Crippen molar-refractivity contribution in [2.75, 3.05) is 13.1 Å². The Morgan fingerprint density at radius 1 is 1.38 bits per heavy atom. The molecular formula is C15H17F2IN2O. The van der Waals surface area contributed by atoms with Gasteiger partial charge < -0.3 is 4.74 Å². The molecule has 0 spiro atoms. The summed E-state index contributed by atoms with van der Waals surface area (Å²) in [5.41, 5.74) is 0.967. The molecule has 0 radical (unpaired) electrons. The predicted molar refractivity (Wildman–Crippen MR) is 84.6 cm³/mol. The fourth-order valence-electron chi connectivity index (χ4n) is 2.51. The van der Waals surface area contributed by atoms with Crippen LogP contribution in [0.4, 0.5) is 8.78 Å². The van der Waals surface area contributed by atoms with E-state index in [4.69, 9.17) is 5.26 Å². The number of ether oxygens (including phenoxy) is 1. The molecule has 0 unspecified atom stereocenters. The Labute approximate surface area is 137 Å². The van der Waals surface area contributed by atoms with Crippen molar-refractivity contribution in [3.63, 3.8) is 0 Å². The minimum Gasteiger partial charge on any atom is -0.435 e. The standard InChI is InChI=1S/C15H17F2IN2O/c16-14(17)21-13-3-1-2-12(10-13)11-20-8-5-15(18,4-7-19)6-9-20/h1-3,10,14H,4-6,8-9,11H2. The fourth-order valence-corrected chi connectivity index (χ4v) is 3.16. The zero-order valence-electron chi connectivity index (χ0n) is 11.6. The van der Waals surface area contributed by atoms with Crippen molar-refractivity contribution in [1.82, 2.24) is 4.90 Å². The van der Waals surface area contributed by atoms with Crippen LogP contribution in [0.15, 0.2) is 24.3 Å². The quantitative estimate of drug-likeness (QED) is 0.549. The molecule has 2 rings (SSSR count). The molecule has 1 aliphatic heterocycles. The molecule has 3 nitrogen and oxygen atoms in total. The molecule has 0 N–H and O–H groups in total. The number of hydrogen-bond acceptors (Lipinski definition) is 3. The van der Waals surface area contributed by atoms with Crippen LogP contribution in [0.25, 0.3) is 0 Å². The van der Waals surface area contributed by atoms with Gasteiger partial charge in [0.2, 0.25) is 0 Å². The lowest BCUT2D eigenvalue weighted by atomic mass is 9.94. The summed E-state index contributed by atoms with van der Waals surface area (Å²) in [6.07, 6.45) is 2.54. The van der Waals surface area contributed by atoms with E-state index in [1.165, 1.54) is 6.07 Å². The first kappa shape index (κ1) is 16.4. The number of alkyl halides is 3. The number of nitriles is 1. The molecule has 6 heteroatoms. The fraction of sp³-hybridized carbons (Fsp3) is 0.533. The highest BCUT2D eigenvalue weighted by Crippen LogP contribution is 2.35. The van der Waals surface area contributed by atoms with Crippen molar-refractivity contribution in [2.24, 2.45) is 0 Å². The highest BCUT2D eigenvalue weighted by Gasteiger charge is 2.31. The van der Waals surface area contributed by atoms with Crippen LogP contribution in [0.5, 0.6) is 5.75 Å². The van der Waals surface area contributed by atoms with E-state index in [1.807, 2.05) is 6.07 Å². The maximum atomic E-state index is 12.2. The zero-order chi connectivity index (χ0) is 15.3. The van der Waals surface area contributed by atoms with Crippen molar-refractivity contribution in [1.29, 1.82) is 5.26 Å². The Balaban J connectivity index is 1.90. The Morgan fingerprint density at radius 3 is 2.71 bits per heavy atom.